The van der Waals surface area contributed by atoms with Crippen LogP contribution in [0.2, 0.25) is 0 Å². The fourth-order valence-electron chi connectivity index (χ4n) is 4.71. The van der Waals surface area contributed by atoms with Crippen LogP contribution >= 0.6 is 24.8 Å². The number of piperidine rings is 1. The summed E-state index contributed by atoms with van der Waals surface area (Å²) < 4.78 is 11.6. The highest BCUT2D eigenvalue weighted by molar-refractivity contribution is 5.85. The van der Waals surface area contributed by atoms with Gasteiger partial charge in [-0.15, -0.1) is 24.8 Å². The van der Waals surface area contributed by atoms with E-state index in [2.05, 4.69) is 27.2 Å². The third kappa shape index (κ3) is 5.29. The number of hydrogen-bond acceptors (Lipinski definition) is 6. The summed E-state index contributed by atoms with van der Waals surface area (Å²) in [6, 6.07) is 8.28. The lowest BCUT2D eigenvalue weighted by Crippen LogP contribution is -2.48. The Kier molecular flexibility index (Phi) is 8.89. The molecule has 0 radical (unpaired) electrons. The van der Waals surface area contributed by atoms with Crippen LogP contribution in [0.3, 0.4) is 0 Å². The largest absolute Gasteiger partial charge is 0.492 e. The summed E-state index contributed by atoms with van der Waals surface area (Å²) in [7, 11) is 0. The number of carbonyl (C=O) groups excluding carboxylic acids is 1. The van der Waals surface area contributed by atoms with E-state index in [1.165, 1.54) is 5.69 Å². The summed E-state index contributed by atoms with van der Waals surface area (Å²) in [6.07, 6.45) is 2.79. The molecule has 3 heterocycles. The predicted octanol–water partition coefficient (Wildman–Crippen LogP) is 2.74. The second-order valence-corrected chi connectivity index (χ2v) is 7.95. The molecular formula is C21H33Cl2N3O3. The minimum Gasteiger partial charge on any atom is -0.492 e. The van der Waals surface area contributed by atoms with Gasteiger partial charge in [-0.2, -0.15) is 0 Å². The predicted molar refractivity (Wildman–Crippen MR) is 120 cm³/mol. The van der Waals surface area contributed by atoms with Crippen LogP contribution in [-0.2, 0) is 9.53 Å². The molecule has 8 heteroatoms. The summed E-state index contributed by atoms with van der Waals surface area (Å²) in [5, 5.41) is 3.35. The zero-order chi connectivity index (χ0) is 18.7. The number of nitrogens with one attached hydrogen (secondary N) is 1. The number of hydrogen-bond donors (Lipinski definition) is 1. The summed E-state index contributed by atoms with van der Waals surface area (Å²) in [5.74, 6) is 1.00. The molecule has 1 aromatic rings. The van der Waals surface area contributed by atoms with Crippen LogP contribution in [-0.4, -0.2) is 69.4 Å². The van der Waals surface area contributed by atoms with Crippen LogP contribution in [0.15, 0.2) is 24.3 Å². The number of cyclic esters (lactones) is 1. The summed E-state index contributed by atoms with van der Waals surface area (Å²) >= 11 is 0. The molecule has 3 fully saturated rings. The first-order chi connectivity index (χ1) is 13.2. The van der Waals surface area contributed by atoms with Crippen LogP contribution in [0, 0.1) is 5.41 Å². The molecule has 3 aliphatic rings. The van der Waals surface area contributed by atoms with E-state index < -0.39 is 0 Å². The molecule has 0 bridgehead atoms. The van der Waals surface area contributed by atoms with E-state index in [0.717, 1.165) is 70.8 Å². The molecule has 1 atom stereocenters. The smallest absolute Gasteiger partial charge is 0.312 e. The second-order valence-electron chi connectivity index (χ2n) is 7.95. The zero-order valence-corrected chi connectivity index (χ0v) is 18.7. The van der Waals surface area contributed by atoms with Crippen molar-refractivity contribution in [1.29, 1.82) is 0 Å². The third-order valence-electron chi connectivity index (χ3n) is 6.23. The van der Waals surface area contributed by atoms with Crippen molar-refractivity contribution in [1.82, 2.24) is 10.2 Å². The molecule has 0 aromatic heterocycles. The average Bonchev–Trinajstić information content (AvgIpc) is 2.98. The van der Waals surface area contributed by atoms with Crippen molar-refractivity contribution < 1.29 is 14.3 Å². The molecule has 4 rings (SSSR count). The molecule has 0 saturated carbocycles. The van der Waals surface area contributed by atoms with Crippen molar-refractivity contribution in [2.75, 3.05) is 57.3 Å². The molecule has 164 valence electrons. The number of nitrogens with zero attached hydrogens (tertiary/aromatic N) is 2. The molecule has 0 amide bonds. The molecule has 1 aromatic carbocycles. The van der Waals surface area contributed by atoms with Crippen molar-refractivity contribution in [3.63, 3.8) is 0 Å². The summed E-state index contributed by atoms with van der Waals surface area (Å²) in [4.78, 5) is 17.3. The Balaban J connectivity index is 0.00000150. The summed E-state index contributed by atoms with van der Waals surface area (Å²) in [6.45, 7) is 9.35. The Hall–Kier alpha value is -1.21. The monoisotopic (exact) mass is 445 g/mol. The van der Waals surface area contributed by atoms with Gasteiger partial charge in [-0.1, -0.05) is 12.1 Å². The maximum Gasteiger partial charge on any atom is 0.312 e. The van der Waals surface area contributed by atoms with E-state index in [4.69, 9.17) is 9.47 Å². The van der Waals surface area contributed by atoms with Crippen LogP contribution < -0.4 is 15.0 Å². The van der Waals surface area contributed by atoms with E-state index >= 15 is 0 Å². The number of anilines is 1. The average molecular weight is 446 g/mol. The minimum absolute atomic E-state index is 0. The van der Waals surface area contributed by atoms with E-state index in [-0.39, 0.29) is 42.3 Å². The highest BCUT2D eigenvalue weighted by Gasteiger charge is 2.49. The molecule has 0 aliphatic carbocycles. The normalized spacial score (nSPS) is 23.8. The van der Waals surface area contributed by atoms with Gasteiger partial charge in [0, 0.05) is 39.1 Å². The number of ether oxygens (including phenoxy) is 2. The van der Waals surface area contributed by atoms with Crippen molar-refractivity contribution in [2.24, 2.45) is 5.41 Å². The van der Waals surface area contributed by atoms with E-state index in [9.17, 15) is 4.79 Å². The van der Waals surface area contributed by atoms with E-state index in [1.54, 1.807) is 0 Å². The number of halogens is 2. The number of rotatable bonds is 5. The van der Waals surface area contributed by atoms with Gasteiger partial charge in [0.1, 0.15) is 11.9 Å². The second kappa shape index (κ2) is 10.7. The fourth-order valence-corrected chi connectivity index (χ4v) is 4.71. The molecule has 6 nitrogen and oxygen atoms in total. The standard InChI is InChI=1S/C21H31N3O3.2ClH/c1-2-26-19-6-4-3-5-18(19)24-13-11-23(12-14-24)16-17-15-21(20(25)27-17)7-9-22-10-8-21;;/h3-6,17,22H,2,7-16H2,1H3;2*1H. The topological polar surface area (TPSA) is 54.0 Å². The Morgan fingerprint density at radius 3 is 2.52 bits per heavy atom. The van der Waals surface area contributed by atoms with Crippen LogP contribution in [0.25, 0.3) is 0 Å². The van der Waals surface area contributed by atoms with Crippen molar-refractivity contribution in [2.45, 2.75) is 32.3 Å². The van der Waals surface area contributed by atoms with Gasteiger partial charge in [0.2, 0.25) is 0 Å². The number of para-hydroxylation sites is 2. The molecule has 1 N–H and O–H groups in total. The van der Waals surface area contributed by atoms with Crippen LogP contribution in [0.4, 0.5) is 5.69 Å². The van der Waals surface area contributed by atoms with E-state index in [1.807, 2.05) is 19.1 Å². The number of piperazine rings is 1. The number of esters is 1. The lowest BCUT2D eigenvalue weighted by Gasteiger charge is -2.37. The molecule has 3 saturated heterocycles. The van der Waals surface area contributed by atoms with Crippen molar-refractivity contribution >= 4 is 36.5 Å². The lowest BCUT2D eigenvalue weighted by molar-refractivity contribution is -0.150. The Morgan fingerprint density at radius 1 is 1.14 bits per heavy atom. The maximum absolute atomic E-state index is 12.4. The Morgan fingerprint density at radius 2 is 1.83 bits per heavy atom. The fraction of sp³-hybridized carbons (Fsp3) is 0.667. The Bertz CT molecular complexity index is 662. The first kappa shape index (κ1) is 24.1. The van der Waals surface area contributed by atoms with Gasteiger partial charge in [0.05, 0.1) is 17.7 Å². The third-order valence-corrected chi connectivity index (χ3v) is 6.23. The van der Waals surface area contributed by atoms with E-state index in [0.29, 0.717) is 6.61 Å². The molecular weight excluding hydrogens is 413 g/mol. The first-order valence-electron chi connectivity index (χ1n) is 10.3. The molecule has 1 unspecified atom stereocenters. The zero-order valence-electron chi connectivity index (χ0n) is 17.1. The molecule has 29 heavy (non-hydrogen) atoms. The number of carbonyl (C=O) groups is 1. The van der Waals surface area contributed by atoms with Gasteiger partial charge in [-0.3, -0.25) is 9.69 Å². The van der Waals surface area contributed by atoms with Crippen molar-refractivity contribution in [3.8, 4) is 5.75 Å². The van der Waals surface area contributed by atoms with Gasteiger partial charge in [-0.25, -0.2) is 0 Å². The highest BCUT2D eigenvalue weighted by atomic mass is 35.5. The van der Waals surface area contributed by atoms with Crippen LogP contribution in [0.5, 0.6) is 5.75 Å². The van der Waals surface area contributed by atoms with Crippen LogP contribution in [0.1, 0.15) is 26.2 Å². The lowest BCUT2D eigenvalue weighted by atomic mass is 9.76. The van der Waals surface area contributed by atoms with Gasteiger partial charge in [0.15, 0.2) is 0 Å². The quantitative estimate of drug-likeness (QED) is 0.703. The molecule has 1 spiro atoms. The van der Waals surface area contributed by atoms with Gasteiger partial charge >= 0.3 is 5.97 Å². The van der Waals surface area contributed by atoms with Gasteiger partial charge in [0.25, 0.3) is 0 Å². The highest BCUT2D eigenvalue weighted by Crippen LogP contribution is 2.41. The van der Waals surface area contributed by atoms with Crippen molar-refractivity contribution in [3.05, 3.63) is 24.3 Å². The Labute approximate surface area is 186 Å². The first-order valence-corrected chi connectivity index (χ1v) is 10.3. The molecule has 3 aliphatic heterocycles. The number of benzene rings is 1. The SMILES string of the molecule is CCOc1ccccc1N1CCN(CC2CC3(CCNCC3)C(=O)O2)CC1.Cl.Cl. The minimum atomic E-state index is -0.214. The maximum atomic E-state index is 12.4. The van der Waals surface area contributed by atoms with Gasteiger partial charge < -0.3 is 19.7 Å². The summed E-state index contributed by atoms with van der Waals surface area (Å²) in [5.41, 5.74) is 0.966. The van der Waals surface area contributed by atoms with Gasteiger partial charge in [-0.05, 0) is 45.0 Å².